The third kappa shape index (κ3) is 2.82. The zero-order valence-electron chi connectivity index (χ0n) is 12.5. The molecule has 0 bridgehead atoms. The molecular weight excluding hydrogens is 286 g/mol. The summed E-state index contributed by atoms with van der Waals surface area (Å²) in [6.45, 7) is 6.36. The minimum Gasteiger partial charge on any atom is -0.481 e. The Morgan fingerprint density at radius 2 is 2.38 bits per heavy atom. The largest absolute Gasteiger partial charge is 0.481 e. The van der Waals surface area contributed by atoms with Crippen molar-refractivity contribution in [3.8, 4) is 0 Å². The average Bonchev–Trinajstić information content (AvgIpc) is 2.99. The summed E-state index contributed by atoms with van der Waals surface area (Å²) in [6, 6.07) is 0. The molecule has 1 saturated heterocycles. The zero-order valence-corrected chi connectivity index (χ0v) is 13.3. The van der Waals surface area contributed by atoms with Crippen molar-refractivity contribution in [1.29, 1.82) is 0 Å². The molecule has 2 aromatic rings. The van der Waals surface area contributed by atoms with E-state index in [1.54, 1.807) is 11.3 Å². The minimum absolute atomic E-state index is 0.201. The first-order valence-corrected chi connectivity index (χ1v) is 8.21. The number of carboxylic acid groups (broad SMARTS) is 1. The predicted molar refractivity (Wildman–Crippen MR) is 82.5 cm³/mol. The molecule has 1 aliphatic rings. The maximum Gasteiger partial charge on any atom is 0.309 e. The van der Waals surface area contributed by atoms with Crippen LogP contribution in [-0.2, 0) is 11.3 Å². The van der Waals surface area contributed by atoms with Gasteiger partial charge in [-0.2, -0.15) is 0 Å². The van der Waals surface area contributed by atoms with Crippen molar-refractivity contribution in [1.82, 2.24) is 14.3 Å². The van der Waals surface area contributed by atoms with Gasteiger partial charge in [-0.05, 0) is 39.2 Å². The highest BCUT2D eigenvalue weighted by atomic mass is 32.1. The number of carbonyl (C=O) groups is 1. The standard InChI is InChI=1S/C15H21N3O2S/c1-15(2,13(19)20)11-4-3-5-17(8-11)9-12-10-18-6-7-21-14(18)16-12/h6-7,10-11H,3-5,8-9H2,1-2H3,(H,19,20). The molecule has 0 amide bonds. The summed E-state index contributed by atoms with van der Waals surface area (Å²) in [7, 11) is 0. The highest BCUT2D eigenvalue weighted by Gasteiger charge is 2.39. The van der Waals surface area contributed by atoms with Crippen LogP contribution in [0.5, 0.6) is 0 Å². The fourth-order valence-electron chi connectivity index (χ4n) is 3.04. The Kier molecular flexibility index (Phi) is 3.75. The van der Waals surface area contributed by atoms with Gasteiger partial charge in [0.05, 0.1) is 11.1 Å². The number of hydrogen-bond acceptors (Lipinski definition) is 4. The summed E-state index contributed by atoms with van der Waals surface area (Å²) in [4.78, 5) is 19.4. The number of aliphatic carboxylic acids is 1. The molecule has 21 heavy (non-hydrogen) atoms. The minimum atomic E-state index is -0.697. The molecule has 3 rings (SSSR count). The van der Waals surface area contributed by atoms with E-state index in [0.717, 1.165) is 43.1 Å². The molecule has 3 heterocycles. The third-order valence-corrected chi connectivity index (χ3v) is 5.38. The van der Waals surface area contributed by atoms with E-state index in [4.69, 9.17) is 0 Å². The van der Waals surface area contributed by atoms with Gasteiger partial charge < -0.3 is 5.11 Å². The fourth-order valence-corrected chi connectivity index (χ4v) is 3.76. The first-order valence-electron chi connectivity index (χ1n) is 7.33. The molecule has 1 aliphatic heterocycles. The molecule has 1 unspecified atom stereocenters. The van der Waals surface area contributed by atoms with Gasteiger partial charge in [0.25, 0.3) is 0 Å². The van der Waals surface area contributed by atoms with Crippen molar-refractivity contribution in [3.05, 3.63) is 23.5 Å². The predicted octanol–water partition coefficient (Wildman–Crippen LogP) is 2.72. The second-order valence-electron chi connectivity index (χ2n) is 6.43. The molecule has 1 atom stereocenters. The van der Waals surface area contributed by atoms with E-state index in [9.17, 15) is 9.90 Å². The number of thiazole rings is 1. The van der Waals surface area contributed by atoms with Crippen LogP contribution in [0.1, 0.15) is 32.4 Å². The van der Waals surface area contributed by atoms with Gasteiger partial charge in [0, 0.05) is 30.9 Å². The quantitative estimate of drug-likeness (QED) is 0.943. The molecule has 1 N–H and O–H groups in total. The number of imidazole rings is 1. The molecule has 6 heteroatoms. The lowest BCUT2D eigenvalue weighted by Crippen LogP contribution is -2.44. The van der Waals surface area contributed by atoms with Gasteiger partial charge in [0.15, 0.2) is 4.96 Å². The number of aromatic nitrogens is 2. The van der Waals surface area contributed by atoms with Crippen molar-refractivity contribution in [2.75, 3.05) is 13.1 Å². The van der Waals surface area contributed by atoms with Crippen LogP contribution < -0.4 is 0 Å². The van der Waals surface area contributed by atoms with Crippen LogP contribution in [0.25, 0.3) is 4.96 Å². The summed E-state index contributed by atoms with van der Waals surface area (Å²) >= 11 is 1.63. The van der Waals surface area contributed by atoms with Gasteiger partial charge in [-0.3, -0.25) is 14.1 Å². The van der Waals surface area contributed by atoms with Gasteiger partial charge in [-0.25, -0.2) is 4.98 Å². The number of likely N-dealkylation sites (tertiary alicyclic amines) is 1. The molecular formula is C15H21N3O2S. The van der Waals surface area contributed by atoms with Crippen LogP contribution in [-0.4, -0.2) is 38.4 Å². The average molecular weight is 307 g/mol. The Bertz CT molecular complexity index is 618. The lowest BCUT2D eigenvalue weighted by atomic mass is 9.74. The molecule has 5 nitrogen and oxygen atoms in total. The van der Waals surface area contributed by atoms with Crippen LogP contribution in [0.2, 0.25) is 0 Å². The van der Waals surface area contributed by atoms with Crippen LogP contribution in [0.4, 0.5) is 0 Å². The molecule has 0 saturated carbocycles. The first-order chi connectivity index (χ1) is 9.96. The van der Waals surface area contributed by atoms with Crippen LogP contribution in [0.15, 0.2) is 17.8 Å². The lowest BCUT2D eigenvalue weighted by Gasteiger charge is -2.39. The summed E-state index contributed by atoms with van der Waals surface area (Å²) < 4.78 is 2.04. The highest BCUT2D eigenvalue weighted by Crippen LogP contribution is 2.34. The van der Waals surface area contributed by atoms with E-state index in [1.807, 2.05) is 29.8 Å². The van der Waals surface area contributed by atoms with E-state index in [-0.39, 0.29) is 5.92 Å². The van der Waals surface area contributed by atoms with E-state index in [1.165, 1.54) is 0 Å². The maximum absolute atomic E-state index is 11.4. The number of nitrogens with zero attached hydrogens (tertiary/aromatic N) is 3. The Morgan fingerprint density at radius 1 is 1.57 bits per heavy atom. The number of carboxylic acids is 1. The van der Waals surface area contributed by atoms with Crippen molar-refractivity contribution in [2.45, 2.75) is 33.2 Å². The monoisotopic (exact) mass is 307 g/mol. The highest BCUT2D eigenvalue weighted by molar-refractivity contribution is 7.15. The van der Waals surface area contributed by atoms with Crippen LogP contribution in [0.3, 0.4) is 0 Å². The molecule has 0 aliphatic carbocycles. The summed E-state index contributed by atoms with van der Waals surface area (Å²) in [5.41, 5.74) is 0.406. The molecule has 0 aromatic carbocycles. The zero-order chi connectivity index (χ0) is 15.0. The Morgan fingerprint density at radius 3 is 3.10 bits per heavy atom. The number of piperidine rings is 1. The van der Waals surface area contributed by atoms with Crippen LogP contribution >= 0.6 is 11.3 Å². The Hall–Kier alpha value is -1.40. The topological polar surface area (TPSA) is 57.8 Å². The van der Waals surface area contributed by atoms with E-state index in [0.29, 0.717) is 0 Å². The summed E-state index contributed by atoms with van der Waals surface area (Å²) in [5.74, 6) is -0.496. The summed E-state index contributed by atoms with van der Waals surface area (Å²) in [5, 5.41) is 11.4. The lowest BCUT2D eigenvalue weighted by molar-refractivity contribution is -0.151. The first kappa shape index (κ1) is 14.5. The normalized spacial score (nSPS) is 21.0. The van der Waals surface area contributed by atoms with Crippen molar-refractivity contribution < 1.29 is 9.90 Å². The van der Waals surface area contributed by atoms with Gasteiger partial charge in [0.2, 0.25) is 0 Å². The Labute approximate surface area is 128 Å². The summed E-state index contributed by atoms with van der Waals surface area (Å²) in [6.07, 6.45) is 6.14. The molecule has 114 valence electrons. The van der Waals surface area contributed by atoms with E-state index >= 15 is 0 Å². The van der Waals surface area contributed by atoms with Crippen molar-refractivity contribution in [2.24, 2.45) is 11.3 Å². The number of rotatable bonds is 4. The van der Waals surface area contributed by atoms with E-state index < -0.39 is 11.4 Å². The van der Waals surface area contributed by atoms with E-state index in [2.05, 4.69) is 16.1 Å². The third-order valence-electron chi connectivity index (χ3n) is 4.61. The van der Waals surface area contributed by atoms with Gasteiger partial charge in [-0.15, -0.1) is 11.3 Å². The van der Waals surface area contributed by atoms with Gasteiger partial charge in [-0.1, -0.05) is 0 Å². The number of hydrogen-bond donors (Lipinski definition) is 1. The van der Waals surface area contributed by atoms with Gasteiger partial charge in [0.1, 0.15) is 0 Å². The van der Waals surface area contributed by atoms with Crippen molar-refractivity contribution in [3.63, 3.8) is 0 Å². The van der Waals surface area contributed by atoms with Crippen LogP contribution in [0, 0.1) is 11.3 Å². The molecule has 1 fully saturated rings. The second-order valence-corrected chi connectivity index (χ2v) is 7.30. The second kappa shape index (κ2) is 5.42. The maximum atomic E-state index is 11.4. The van der Waals surface area contributed by atoms with Gasteiger partial charge >= 0.3 is 5.97 Å². The number of fused-ring (bicyclic) bond motifs is 1. The Balaban J connectivity index is 1.68. The molecule has 0 spiro atoms. The molecule has 0 radical (unpaired) electrons. The van der Waals surface area contributed by atoms with Crippen molar-refractivity contribution >= 4 is 22.3 Å². The fraction of sp³-hybridized carbons (Fsp3) is 0.600. The SMILES string of the molecule is CC(C)(C(=O)O)C1CCCN(Cc2cn3ccsc3n2)C1. The smallest absolute Gasteiger partial charge is 0.309 e. The molecule has 2 aromatic heterocycles.